The maximum Gasteiger partial charge on any atom is 0.0716 e. The fraction of sp³-hybridized carbons (Fsp3) is 0.455. The van der Waals surface area contributed by atoms with E-state index in [1.54, 1.807) is 11.8 Å². The number of rotatable bonds is 1. The van der Waals surface area contributed by atoms with Gasteiger partial charge in [0.25, 0.3) is 0 Å². The van der Waals surface area contributed by atoms with Crippen LogP contribution in [0.4, 0.5) is 0 Å². The van der Waals surface area contributed by atoms with Gasteiger partial charge in [-0.3, -0.25) is 0 Å². The van der Waals surface area contributed by atoms with Crippen molar-refractivity contribution in [2.45, 2.75) is 36.0 Å². The molecule has 1 heterocycles. The zero-order valence-corrected chi connectivity index (χ0v) is 9.82. The van der Waals surface area contributed by atoms with Crippen LogP contribution in [-0.2, 0) is 6.42 Å². The quantitative estimate of drug-likeness (QED) is 0.797. The molecular formula is C11H13ClOS. The van der Waals surface area contributed by atoms with E-state index >= 15 is 0 Å². The van der Waals surface area contributed by atoms with Gasteiger partial charge in [-0.1, -0.05) is 17.7 Å². The largest absolute Gasteiger partial charge is 0.389 e. The summed E-state index contributed by atoms with van der Waals surface area (Å²) in [4.78, 5) is 1.21. The third-order valence-corrected chi connectivity index (χ3v) is 4.54. The van der Waals surface area contributed by atoms with E-state index in [1.165, 1.54) is 10.5 Å². The molecule has 3 heteroatoms. The fourth-order valence-electron chi connectivity index (χ4n) is 1.62. The average Bonchev–Trinajstić information content (AvgIpc) is 2.48. The molecule has 1 nitrogen and oxygen atoms in total. The molecule has 1 aromatic rings. The van der Waals surface area contributed by atoms with E-state index in [1.807, 2.05) is 26.0 Å². The van der Waals surface area contributed by atoms with Gasteiger partial charge in [-0.05, 0) is 38.0 Å². The molecule has 0 aliphatic carbocycles. The van der Waals surface area contributed by atoms with Crippen LogP contribution in [0.3, 0.4) is 0 Å². The van der Waals surface area contributed by atoms with Gasteiger partial charge in [0.05, 0.1) is 5.60 Å². The van der Waals surface area contributed by atoms with Crippen molar-refractivity contribution >= 4 is 23.4 Å². The first-order chi connectivity index (χ1) is 6.48. The summed E-state index contributed by atoms with van der Waals surface area (Å²) in [7, 11) is 0. The predicted molar refractivity (Wildman–Crippen MR) is 61.1 cm³/mol. The standard InChI is InChI=1S/C11H13ClOS/c1-11(2,13)10-6-7-8(12)4-3-5-9(7)14-10/h3-5,10,13H,6H2,1-2H3. The van der Waals surface area contributed by atoms with Crippen LogP contribution in [-0.4, -0.2) is 16.0 Å². The maximum absolute atomic E-state index is 9.92. The highest BCUT2D eigenvalue weighted by Gasteiger charge is 2.34. The molecule has 2 rings (SSSR count). The highest BCUT2D eigenvalue weighted by Crippen LogP contribution is 2.44. The molecule has 14 heavy (non-hydrogen) atoms. The van der Waals surface area contributed by atoms with Gasteiger partial charge >= 0.3 is 0 Å². The zero-order chi connectivity index (χ0) is 10.3. The fourth-order valence-corrected chi connectivity index (χ4v) is 3.27. The van der Waals surface area contributed by atoms with Crippen molar-refractivity contribution < 1.29 is 5.11 Å². The van der Waals surface area contributed by atoms with Crippen LogP contribution >= 0.6 is 23.4 Å². The molecule has 1 N–H and O–H groups in total. The minimum Gasteiger partial charge on any atom is -0.389 e. The van der Waals surface area contributed by atoms with E-state index in [2.05, 4.69) is 6.07 Å². The second-order valence-electron chi connectivity index (χ2n) is 4.18. The Morgan fingerprint density at radius 3 is 2.79 bits per heavy atom. The van der Waals surface area contributed by atoms with Crippen molar-refractivity contribution in [3.63, 3.8) is 0 Å². The minimum absolute atomic E-state index is 0.220. The molecule has 1 atom stereocenters. The monoisotopic (exact) mass is 228 g/mol. The van der Waals surface area contributed by atoms with Gasteiger partial charge in [-0.2, -0.15) is 0 Å². The molecular weight excluding hydrogens is 216 g/mol. The molecule has 1 aromatic carbocycles. The zero-order valence-electron chi connectivity index (χ0n) is 8.25. The maximum atomic E-state index is 9.92. The summed E-state index contributed by atoms with van der Waals surface area (Å²) in [5.41, 5.74) is 0.541. The second-order valence-corrected chi connectivity index (χ2v) is 5.83. The third kappa shape index (κ3) is 1.79. The van der Waals surface area contributed by atoms with Crippen molar-refractivity contribution in [3.05, 3.63) is 28.8 Å². The Balaban J connectivity index is 2.31. The molecule has 76 valence electrons. The van der Waals surface area contributed by atoms with E-state index in [4.69, 9.17) is 11.6 Å². The first-order valence-electron chi connectivity index (χ1n) is 4.65. The van der Waals surface area contributed by atoms with Gasteiger partial charge in [0.2, 0.25) is 0 Å². The highest BCUT2D eigenvalue weighted by molar-refractivity contribution is 8.00. The lowest BCUT2D eigenvalue weighted by atomic mass is 9.99. The summed E-state index contributed by atoms with van der Waals surface area (Å²) in [5, 5.41) is 11.0. The lowest BCUT2D eigenvalue weighted by Gasteiger charge is -2.24. The summed E-state index contributed by atoms with van der Waals surface area (Å²) in [6.45, 7) is 3.70. The Morgan fingerprint density at radius 2 is 2.21 bits per heavy atom. The summed E-state index contributed by atoms with van der Waals surface area (Å²) >= 11 is 7.81. The van der Waals surface area contributed by atoms with Crippen molar-refractivity contribution in [2.24, 2.45) is 0 Å². The van der Waals surface area contributed by atoms with Crippen LogP contribution < -0.4 is 0 Å². The van der Waals surface area contributed by atoms with Gasteiger partial charge in [-0.15, -0.1) is 11.8 Å². The minimum atomic E-state index is -0.646. The Labute approximate surface area is 93.5 Å². The lowest BCUT2D eigenvalue weighted by Crippen LogP contribution is -2.32. The number of thioether (sulfide) groups is 1. The van der Waals surface area contributed by atoms with Gasteiger partial charge in [0.1, 0.15) is 0 Å². The predicted octanol–water partition coefficient (Wildman–Crippen LogP) is 3.13. The lowest BCUT2D eigenvalue weighted by molar-refractivity contribution is 0.0787. The Kier molecular flexibility index (Phi) is 2.54. The van der Waals surface area contributed by atoms with Gasteiger partial charge < -0.3 is 5.11 Å². The molecule has 0 saturated carbocycles. The second kappa shape index (κ2) is 3.44. The smallest absolute Gasteiger partial charge is 0.0716 e. The number of halogens is 1. The van der Waals surface area contributed by atoms with E-state index in [0.29, 0.717) is 0 Å². The van der Waals surface area contributed by atoms with E-state index in [0.717, 1.165) is 11.4 Å². The molecule has 0 saturated heterocycles. The summed E-state index contributed by atoms with van der Waals surface area (Å²) < 4.78 is 0. The summed E-state index contributed by atoms with van der Waals surface area (Å²) in [6.07, 6.45) is 0.864. The Bertz CT molecular complexity index is 357. The molecule has 0 amide bonds. The van der Waals surface area contributed by atoms with Crippen LogP contribution in [0.2, 0.25) is 5.02 Å². The van der Waals surface area contributed by atoms with Crippen LogP contribution in [0, 0.1) is 0 Å². The van der Waals surface area contributed by atoms with E-state index < -0.39 is 5.60 Å². The van der Waals surface area contributed by atoms with Crippen molar-refractivity contribution in [3.8, 4) is 0 Å². The SMILES string of the molecule is CC(C)(O)C1Cc2c(Cl)cccc2S1. The average molecular weight is 229 g/mol. The third-order valence-electron chi connectivity index (χ3n) is 2.52. The first kappa shape index (κ1) is 10.3. The summed E-state index contributed by atoms with van der Waals surface area (Å²) in [5.74, 6) is 0. The molecule has 1 aliphatic rings. The molecule has 0 radical (unpaired) electrons. The Morgan fingerprint density at radius 1 is 1.50 bits per heavy atom. The normalized spacial score (nSPS) is 21.0. The van der Waals surface area contributed by atoms with E-state index in [-0.39, 0.29) is 5.25 Å². The van der Waals surface area contributed by atoms with E-state index in [9.17, 15) is 5.11 Å². The first-order valence-corrected chi connectivity index (χ1v) is 5.90. The van der Waals surface area contributed by atoms with Crippen LogP contribution in [0.25, 0.3) is 0 Å². The highest BCUT2D eigenvalue weighted by atomic mass is 35.5. The van der Waals surface area contributed by atoms with Crippen LogP contribution in [0.15, 0.2) is 23.1 Å². The summed E-state index contributed by atoms with van der Waals surface area (Å²) in [6, 6.07) is 5.94. The number of hydrogen-bond donors (Lipinski definition) is 1. The van der Waals surface area contributed by atoms with Crippen molar-refractivity contribution in [1.29, 1.82) is 0 Å². The van der Waals surface area contributed by atoms with Crippen LogP contribution in [0.5, 0.6) is 0 Å². The molecule has 0 fully saturated rings. The van der Waals surface area contributed by atoms with Crippen molar-refractivity contribution in [1.82, 2.24) is 0 Å². The number of aliphatic hydroxyl groups is 1. The van der Waals surface area contributed by atoms with Gasteiger partial charge in [0, 0.05) is 15.2 Å². The van der Waals surface area contributed by atoms with Gasteiger partial charge in [-0.25, -0.2) is 0 Å². The number of benzene rings is 1. The molecule has 0 aromatic heterocycles. The molecule has 1 aliphatic heterocycles. The topological polar surface area (TPSA) is 20.2 Å². The molecule has 0 bridgehead atoms. The molecule has 1 unspecified atom stereocenters. The molecule has 0 spiro atoms. The Hall–Kier alpha value is -0.180. The van der Waals surface area contributed by atoms with Gasteiger partial charge in [0.15, 0.2) is 0 Å². The van der Waals surface area contributed by atoms with Crippen molar-refractivity contribution in [2.75, 3.05) is 0 Å². The number of fused-ring (bicyclic) bond motifs is 1. The number of hydrogen-bond acceptors (Lipinski definition) is 2. The van der Waals surface area contributed by atoms with Crippen LogP contribution in [0.1, 0.15) is 19.4 Å².